The van der Waals surface area contributed by atoms with E-state index in [2.05, 4.69) is 15.0 Å². The molecule has 0 radical (unpaired) electrons. The molecule has 1 amide bonds. The quantitative estimate of drug-likeness (QED) is 0.620. The predicted octanol–water partition coefficient (Wildman–Crippen LogP) is 0.592. The molecule has 0 aromatic carbocycles. The number of nitrogens with zero attached hydrogens (tertiary/aromatic N) is 1. The maximum Gasteiger partial charge on any atom is 0.325 e. The SMILES string of the molecule is COC(=O)C(Cl)CNC(=O)c1ccccn1. The maximum atomic E-state index is 11.5. The Hall–Kier alpha value is -1.62. The Kier molecular flexibility index (Phi) is 4.72. The number of methoxy groups -OCH3 is 1. The Labute approximate surface area is 97.8 Å². The van der Waals surface area contributed by atoms with Crippen molar-refractivity contribution in [2.24, 2.45) is 0 Å². The molecule has 16 heavy (non-hydrogen) atoms. The van der Waals surface area contributed by atoms with Crippen LogP contribution in [0, 0.1) is 0 Å². The van der Waals surface area contributed by atoms with Crippen LogP contribution in [0.4, 0.5) is 0 Å². The molecule has 1 rings (SSSR count). The van der Waals surface area contributed by atoms with Crippen molar-refractivity contribution in [2.75, 3.05) is 13.7 Å². The van der Waals surface area contributed by atoms with Crippen LogP contribution in [0.5, 0.6) is 0 Å². The molecule has 1 atom stereocenters. The fraction of sp³-hybridized carbons (Fsp3) is 0.300. The Balaban J connectivity index is 2.45. The zero-order chi connectivity index (χ0) is 12.0. The van der Waals surface area contributed by atoms with Gasteiger partial charge in [0.1, 0.15) is 11.1 Å². The monoisotopic (exact) mass is 242 g/mol. The molecule has 0 fully saturated rings. The van der Waals surface area contributed by atoms with E-state index in [9.17, 15) is 9.59 Å². The van der Waals surface area contributed by atoms with Gasteiger partial charge >= 0.3 is 5.97 Å². The number of pyridine rings is 1. The fourth-order valence-corrected chi connectivity index (χ4v) is 1.15. The Morgan fingerprint density at radius 1 is 1.56 bits per heavy atom. The van der Waals surface area contributed by atoms with Crippen molar-refractivity contribution >= 4 is 23.5 Å². The number of hydrogen-bond acceptors (Lipinski definition) is 4. The molecule has 86 valence electrons. The van der Waals surface area contributed by atoms with E-state index in [4.69, 9.17) is 11.6 Å². The number of hydrogen-bond donors (Lipinski definition) is 1. The number of nitrogens with one attached hydrogen (secondary N) is 1. The number of amides is 1. The highest BCUT2D eigenvalue weighted by atomic mass is 35.5. The molecule has 1 unspecified atom stereocenters. The molecule has 0 spiro atoms. The number of alkyl halides is 1. The summed E-state index contributed by atoms with van der Waals surface area (Å²) in [5, 5.41) is 1.59. The highest BCUT2D eigenvalue weighted by Crippen LogP contribution is 1.98. The molecule has 0 aliphatic heterocycles. The van der Waals surface area contributed by atoms with E-state index >= 15 is 0 Å². The molecule has 0 saturated heterocycles. The van der Waals surface area contributed by atoms with Gasteiger partial charge in [-0.25, -0.2) is 0 Å². The van der Waals surface area contributed by atoms with E-state index in [1.165, 1.54) is 13.3 Å². The minimum Gasteiger partial charge on any atom is -0.468 e. The Bertz CT molecular complexity index is 370. The second kappa shape index (κ2) is 6.07. The van der Waals surface area contributed by atoms with Gasteiger partial charge in [0.25, 0.3) is 5.91 Å². The first-order valence-electron chi connectivity index (χ1n) is 4.56. The lowest BCUT2D eigenvalue weighted by molar-refractivity contribution is -0.140. The normalized spacial score (nSPS) is 11.6. The van der Waals surface area contributed by atoms with Gasteiger partial charge in [0.2, 0.25) is 0 Å². The summed E-state index contributed by atoms with van der Waals surface area (Å²) in [4.78, 5) is 26.3. The second-order valence-electron chi connectivity index (χ2n) is 2.92. The van der Waals surface area contributed by atoms with Gasteiger partial charge in [0.15, 0.2) is 0 Å². The molecule has 0 aliphatic carbocycles. The molecule has 1 heterocycles. The molecule has 0 saturated carbocycles. The van der Waals surface area contributed by atoms with Crippen LogP contribution < -0.4 is 5.32 Å². The largest absolute Gasteiger partial charge is 0.468 e. The van der Waals surface area contributed by atoms with Gasteiger partial charge in [0.05, 0.1) is 7.11 Å². The van der Waals surface area contributed by atoms with Gasteiger partial charge in [0, 0.05) is 12.7 Å². The minimum atomic E-state index is -0.891. The molecular formula is C10H11ClN2O3. The van der Waals surface area contributed by atoms with Crippen molar-refractivity contribution < 1.29 is 14.3 Å². The lowest BCUT2D eigenvalue weighted by Gasteiger charge is -2.08. The average Bonchev–Trinajstić information content (AvgIpc) is 2.35. The van der Waals surface area contributed by atoms with Crippen LogP contribution in [0.3, 0.4) is 0 Å². The molecule has 5 nitrogen and oxygen atoms in total. The van der Waals surface area contributed by atoms with Crippen LogP contribution >= 0.6 is 11.6 Å². The van der Waals surface area contributed by atoms with Crippen molar-refractivity contribution in [2.45, 2.75) is 5.38 Å². The van der Waals surface area contributed by atoms with Crippen LogP contribution in [0.15, 0.2) is 24.4 Å². The Morgan fingerprint density at radius 2 is 2.31 bits per heavy atom. The number of esters is 1. The van der Waals surface area contributed by atoms with Gasteiger partial charge in [-0.2, -0.15) is 0 Å². The van der Waals surface area contributed by atoms with Crippen molar-refractivity contribution in [3.05, 3.63) is 30.1 Å². The van der Waals surface area contributed by atoms with Gasteiger partial charge in [-0.3, -0.25) is 14.6 Å². The molecule has 0 aliphatic rings. The summed E-state index contributed by atoms with van der Waals surface area (Å²) < 4.78 is 4.41. The van der Waals surface area contributed by atoms with Crippen molar-refractivity contribution in [3.8, 4) is 0 Å². The minimum absolute atomic E-state index is 0.00361. The van der Waals surface area contributed by atoms with Crippen LogP contribution in [-0.4, -0.2) is 35.9 Å². The topological polar surface area (TPSA) is 68.3 Å². The molecule has 1 N–H and O–H groups in total. The molecule has 0 bridgehead atoms. The van der Waals surface area contributed by atoms with E-state index in [1.807, 2.05) is 0 Å². The van der Waals surface area contributed by atoms with E-state index < -0.39 is 11.3 Å². The predicted molar refractivity (Wildman–Crippen MR) is 58.2 cm³/mol. The first-order valence-corrected chi connectivity index (χ1v) is 5.00. The standard InChI is InChI=1S/C10H11ClN2O3/c1-16-10(15)7(11)6-13-9(14)8-4-2-3-5-12-8/h2-5,7H,6H2,1H3,(H,13,14). The summed E-state index contributed by atoms with van der Waals surface area (Å²) >= 11 is 5.65. The average molecular weight is 243 g/mol. The smallest absolute Gasteiger partial charge is 0.325 e. The maximum absolute atomic E-state index is 11.5. The van der Waals surface area contributed by atoms with Gasteiger partial charge in [-0.05, 0) is 12.1 Å². The summed E-state index contributed by atoms with van der Waals surface area (Å²) in [5.41, 5.74) is 0.274. The molecule has 1 aromatic rings. The van der Waals surface area contributed by atoms with Crippen LogP contribution in [-0.2, 0) is 9.53 Å². The van der Waals surface area contributed by atoms with E-state index in [1.54, 1.807) is 18.2 Å². The summed E-state index contributed by atoms with van der Waals surface area (Å²) in [7, 11) is 1.23. The number of aromatic nitrogens is 1. The van der Waals surface area contributed by atoms with Gasteiger partial charge in [-0.15, -0.1) is 11.6 Å². The van der Waals surface area contributed by atoms with Crippen LogP contribution in [0.25, 0.3) is 0 Å². The lowest BCUT2D eigenvalue weighted by Crippen LogP contribution is -2.34. The Morgan fingerprint density at radius 3 is 2.88 bits per heavy atom. The molecule has 1 aromatic heterocycles. The first kappa shape index (κ1) is 12.4. The summed E-state index contributed by atoms with van der Waals surface area (Å²) in [6, 6.07) is 4.96. The summed E-state index contributed by atoms with van der Waals surface area (Å²) in [6.45, 7) is 0.00361. The van der Waals surface area contributed by atoms with E-state index in [0.717, 1.165) is 0 Å². The summed E-state index contributed by atoms with van der Waals surface area (Å²) in [5.74, 6) is -0.960. The fourth-order valence-electron chi connectivity index (χ4n) is 0.981. The van der Waals surface area contributed by atoms with Crippen LogP contribution in [0.1, 0.15) is 10.5 Å². The third kappa shape index (κ3) is 3.51. The second-order valence-corrected chi connectivity index (χ2v) is 3.44. The van der Waals surface area contributed by atoms with Crippen molar-refractivity contribution in [1.29, 1.82) is 0 Å². The van der Waals surface area contributed by atoms with Gasteiger partial charge < -0.3 is 10.1 Å². The number of ether oxygens (including phenoxy) is 1. The lowest BCUT2D eigenvalue weighted by atomic mass is 10.3. The number of halogens is 1. The van der Waals surface area contributed by atoms with E-state index in [-0.39, 0.29) is 18.1 Å². The number of rotatable bonds is 4. The van der Waals surface area contributed by atoms with Gasteiger partial charge in [-0.1, -0.05) is 6.07 Å². The highest BCUT2D eigenvalue weighted by Gasteiger charge is 2.17. The first-order chi connectivity index (χ1) is 7.65. The summed E-state index contributed by atoms with van der Waals surface area (Å²) in [6.07, 6.45) is 1.51. The number of carbonyl (C=O) groups is 2. The zero-order valence-corrected chi connectivity index (χ0v) is 9.40. The van der Waals surface area contributed by atoms with E-state index in [0.29, 0.717) is 0 Å². The number of carbonyl (C=O) groups excluding carboxylic acids is 2. The molecule has 6 heteroatoms. The van der Waals surface area contributed by atoms with Crippen LogP contribution in [0.2, 0.25) is 0 Å². The molecular weight excluding hydrogens is 232 g/mol. The zero-order valence-electron chi connectivity index (χ0n) is 8.64. The highest BCUT2D eigenvalue weighted by molar-refractivity contribution is 6.30. The third-order valence-electron chi connectivity index (χ3n) is 1.80. The van der Waals surface area contributed by atoms with Crippen molar-refractivity contribution in [1.82, 2.24) is 10.3 Å². The third-order valence-corrected chi connectivity index (χ3v) is 2.13. The van der Waals surface area contributed by atoms with Crippen molar-refractivity contribution in [3.63, 3.8) is 0 Å².